The molecule has 5 aromatic heterocycles. The van der Waals surface area contributed by atoms with Crippen molar-refractivity contribution in [3.05, 3.63) is 194 Å². The fourth-order valence-electron chi connectivity index (χ4n) is 9.80. The van der Waals surface area contributed by atoms with Crippen molar-refractivity contribution in [1.29, 1.82) is 0 Å². The molecule has 9 aromatic carbocycles. The van der Waals surface area contributed by atoms with Crippen LogP contribution < -0.4 is 0 Å². The first-order chi connectivity index (χ1) is 31.7. The number of rotatable bonds is 5. The molecule has 0 fully saturated rings. The molecule has 5 heterocycles. The molecule has 0 amide bonds. The number of nitrogens with zero attached hydrogens (tertiary/aromatic N) is 4. The van der Waals surface area contributed by atoms with E-state index in [1.807, 2.05) is 71.2 Å². The molecule has 64 heavy (non-hydrogen) atoms. The van der Waals surface area contributed by atoms with Crippen LogP contribution in [0.4, 0.5) is 0 Å². The van der Waals surface area contributed by atoms with Crippen LogP contribution in [0.2, 0.25) is 0 Å². The van der Waals surface area contributed by atoms with Gasteiger partial charge in [0.2, 0.25) is 0 Å². The number of aromatic nitrogens is 4. The van der Waals surface area contributed by atoms with Crippen molar-refractivity contribution in [2.75, 3.05) is 0 Å². The van der Waals surface area contributed by atoms with Crippen LogP contribution in [0, 0.1) is 0 Å². The van der Waals surface area contributed by atoms with Gasteiger partial charge in [-0.2, -0.15) is 0 Å². The van der Waals surface area contributed by atoms with E-state index >= 15 is 0 Å². The zero-order valence-electron chi connectivity index (χ0n) is 34.0. The fourth-order valence-corrected chi connectivity index (χ4v) is 12.4. The summed E-state index contributed by atoms with van der Waals surface area (Å²) in [5.41, 5.74) is 10.1. The van der Waals surface area contributed by atoms with E-state index in [-0.39, 0.29) is 0 Å². The molecule has 0 saturated carbocycles. The Bertz CT molecular complexity index is 4140. The number of hydrogen-bond donors (Lipinski definition) is 0. The molecule has 298 valence electrons. The maximum atomic E-state index is 6.54. The van der Waals surface area contributed by atoms with Crippen LogP contribution in [0.3, 0.4) is 0 Å². The van der Waals surface area contributed by atoms with Gasteiger partial charge in [-0.25, -0.2) is 15.0 Å². The van der Waals surface area contributed by atoms with Gasteiger partial charge >= 0.3 is 0 Å². The highest BCUT2D eigenvalue weighted by molar-refractivity contribution is 7.27. The number of hydrogen-bond acceptors (Lipinski definition) is 6. The maximum Gasteiger partial charge on any atom is 0.164 e. The highest BCUT2D eigenvalue weighted by Gasteiger charge is 2.24. The van der Waals surface area contributed by atoms with Gasteiger partial charge < -0.3 is 8.98 Å². The summed E-state index contributed by atoms with van der Waals surface area (Å²) in [5, 5.41) is 9.74. The molecule has 14 rings (SSSR count). The lowest BCUT2D eigenvalue weighted by Gasteiger charge is -2.13. The SMILES string of the molecule is c1ccc(-c2nc(-c3ccccc3)nc(-c3ccc4c(sc5c(-n6c7ccccc7c7c8sc9ccccc9c8ccc76)cccc54)c3-c3ccc4c(c3)oc3ccccc34)n2)cc1. The third-order valence-corrected chi connectivity index (χ3v) is 15.1. The molecule has 5 nitrogen and oxygen atoms in total. The molecule has 0 aliphatic heterocycles. The largest absolute Gasteiger partial charge is 0.456 e. The van der Waals surface area contributed by atoms with E-state index in [0.717, 1.165) is 60.1 Å². The Balaban J connectivity index is 1.07. The number of para-hydroxylation sites is 2. The molecule has 0 bridgehead atoms. The van der Waals surface area contributed by atoms with Crippen LogP contribution in [0.5, 0.6) is 0 Å². The molecule has 0 aliphatic rings. The molecule has 14 aromatic rings. The molecule has 0 unspecified atom stereocenters. The minimum Gasteiger partial charge on any atom is -0.456 e. The van der Waals surface area contributed by atoms with Crippen LogP contribution in [0.15, 0.2) is 199 Å². The summed E-state index contributed by atoms with van der Waals surface area (Å²) in [7, 11) is 0. The minimum absolute atomic E-state index is 0.613. The van der Waals surface area contributed by atoms with Crippen molar-refractivity contribution in [2.45, 2.75) is 0 Å². The van der Waals surface area contributed by atoms with Gasteiger partial charge in [-0.3, -0.25) is 0 Å². The molecule has 0 spiro atoms. The summed E-state index contributed by atoms with van der Waals surface area (Å²) < 4.78 is 14.0. The smallest absolute Gasteiger partial charge is 0.164 e. The molecule has 0 aliphatic carbocycles. The van der Waals surface area contributed by atoms with Crippen LogP contribution in [0.1, 0.15) is 0 Å². The quantitative estimate of drug-likeness (QED) is 0.173. The first-order valence-corrected chi connectivity index (χ1v) is 23.0. The van der Waals surface area contributed by atoms with E-state index < -0.39 is 0 Å². The lowest BCUT2D eigenvalue weighted by Crippen LogP contribution is -2.01. The highest BCUT2D eigenvalue weighted by Crippen LogP contribution is 2.49. The van der Waals surface area contributed by atoms with Gasteiger partial charge in [0.25, 0.3) is 0 Å². The van der Waals surface area contributed by atoms with Crippen molar-refractivity contribution >= 4 is 107 Å². The number of benzene rings is 9. The molecule has 0 N–H and O–H groups in total. The molecular formula is C57H32N4OS2. The van der Waals surface area contributed by atoms with Crippen molar-refractivity contribution in [3.8, 4) is 51.0 Å². The Morgan fingerprint density at radius 1 is 0.375 bits per heavy atom. The standard InChI is InChI=1S/C57H32N4OS2/c1-3-14-33(15-4-1)55-58-56(34-16-5-2-6-17-34)60-57(59-55)43-29-28-41-39-21-13-23-46(52(39)64-53(41)50(43)35-26-27-37-36-18-8-11-24-47(36)62-48(37)32-35)61-44-22-10-7-20-42(44)51-45(61)31-30-40-38-19-9-12-25-49(38)63-54(40)51/h1-32H. The molecule has 0 radical (unpaired) electrons. The number of thiophene rings is 2. The minimum atomic E-state index is 0.613. The van der Waals surface area contributed by atoms with E-state index in [0.29, 0.717) is 17.5 Å². The molecule has 0 atom stereocenters. The predicted octanol–water partition coefficient (Wildman–Crippen LogP) is 16.3. The first-order valence-electron chi connectivity index (χ1n) is 21.3. The number of fused-ring (bicyclic) bond motifs is 13. The van der Waals surface area contributed by atoms with Gasteiger partial charge in [0, 0.05) is 79.4 Å². The first kappa shape index (κ1) is 35.6. The van der Waals surface area contributed by atoms with Crippen LogP contribution in [-0.2, 0) is 0 Å². The lowest BCUT2D eigenvalue weighted by molar-refractivity contribution is 0.669. The molecule has 0 saturated heterocycles. The second kappa shape index (κ2) is 13.8. The van der Waals surface area contributed by atoms with Crippen LogP contribution in [-0.4, -0.2) is 19.5 Å². The summed E-state index contributed by atoms with van der Waals surface area (Å²) in [6.07, 6.45) is 0. The topological polar surface area (TPSA) is 56.7 Å². The second-order valence-corrected chi connectivity index (χ2v) is 18.3. The summed E-state index contributed by atoms with van der Waals surface area (Å²) in [6.45, 7) is 0. The monoisotopic (exact) mass is 852 g/mol. The Hall–Kier alpha value is -7.97. The Kier molecular flexibility index (Phi) is 7.66. The van der Waals surface area contributed by atoms with Crippen molar-refractivity contribution in [2.24, 2.45) is 0 Å². The zero-order valence-corrected chi connectivity index (χ0v) is 35.6. The second-order valence-electron chi connectivity index (χ2n) is 16.3. The predicted molar refractivity (Wildman–Crippen MR) is 269 cm³/mol. The van der Waals surface area contributed by atoms with Gasteiger partial charge in [0.15, 0.2) is 17.5 Å². The average Bonchev–Trinajstić information content (AvgIpc) is 4.13. The van der Waals surface area contributed by atoms with Crippen molar-refractivity contribution in [1.82, 2.24) is 19.5 Å². The summed E-state index contributed by atoms with van der Waals surface area (Å²) in [5.74, 6) is 1.86. The van der Waals surface area contributed by atoms with Gasteiger partial charge in [-0.1, -0.05) is 146 Å². The average molecular weight is 853 g/mol. The Morgan fingerprint density at radius 3 is 1.80 bits per heavy atom. The molecule has 7 heteroatoms. The summed E-state index contributed by atoms with van der Waals surface area (Å²) >= 11 is 3.72. The van der Waals surface area contributed by atoms with E-state index in [1.165, 1.54) is 57.5 Å². The van der Waals surface area contributed by atoms with Crippen LogP contribution >= 0.6 is 22.7 Å². The Labute approximate surface area is 373 Å². The third-order valence-electron chi connectivity index (χ3n) is 12.7. The summed E-state index contributed by atoms with van der Waals surface area (Å²) in [6, 6.07) is 68.7. The maximum absolute atomic E-state index is 6.54. The van der Waals surface area contributed by atoms with E-state index in [9.17, 15) is 0 Å². The lowest BCUT2D eigenvalue weighted by atomic mass is 9.95. The number of furan rings is 1. The van der Waals surface area contributed by atoms with Crippen molar-refractivity contribution < 1.29 is 4.42 Å². The molecular weight excluding hydrogens is 821 g/mol. The normalized spacial score (nSPS) is 12.1. The van der Waals surface area contributed by atoms with E-state index in [4.69, 9.17) is 19.4 Å². The van der Waals surface area contributed by atoms with Crippen LogP contribution in [0.25, 0.3) is 135 Å². The van der Waals surface area contributed by atoms with Crippen molar-refractivity contribution in [3.63, 3.8) is 0 Å². The highest BCUT2D eigenvalue weighted by atomic mass is 32.1. The van der Waals surface area contributed by atoms with Gasteiger partial charge in [-0.05, 0) is 54.1 Å². The summed E-state index contributed by atoms with van der Waals surface area (Å²) in [4.78, 5) is 15.6. The van der Waals surface area contributed by atoms with Gasteiger partial charge in [-0.15, -0.1) is 22.7 Å². The zero-order chi connectivity index (χ0) is 41.9. The van der Waals surface area contributed by atoms with Gasteiger partial charge in [0.05, 0.1) is 21.4 Å². The van der Waals surface area contributed by atoms with E-state index in [1.54, 1.807) is 0 Å². The van der Waals surface area contributed by atoms with E-state index in [2.05, 4.69) is 150 Å². The fraction of sp³-hybridized carbons (Fsp3) is 0. The van der Waals surface area contributed by atoms with Gasteiger partial charge in [0.1, 0.15) is 11.2 Å². The third kappa shape index (κ3) is 5.26. The Morgan fingerprint density at radius 2 is 0.984 bits per heavy atom.